The number of phosphoric acid groups is 3. The second-order valence-electron chi connectivity index (χ2n) is 12.4. The molecule has 0 aromatic carbocycles. The number of nitrogens with zero attached hydrogens (tertiary/aromatic N) is 6. The molecule has 9 N–H and O–H groups in total. The van der Waals surface area contributed by atoms with Gasteiger partial charge in [0.15, 0.2) is 23.5 Å². The Hall–Kier alpha value is -3.33. The molecule has 7 rings (SSSR count). The molecule has 296 valence electrons. The van der Waals surface area contributed by atoms with Gasteiger partial charge in [0.05, 0.1) is 33.2 Å². The Kier molecular flexibility index (Phi) is 9.88. The summed E-state index contributed by atoms with van der Waals surface area (Å²) in [6, 6.07) is 0. The summed E-state index contributed by atoms with van der Waals surface area (Å²) >= 11 is 0. The minimum Gasteiger partial charge on any atom is -0.387 e. The number of hydrogen-bond acceptors (Lipinski definition) is 19. The highest BCUT2D eigenvalue weighted by molar-refractivity contribution is 7.66. The zero-order chi connectivity index (χ0) is 39.1. The minimum atomic E-state index is -5.96. The zero-order valence-electron chi connectivity index (χ0n) is 28.0. The Labute approximate surface area is 300 Å². The van der Waals surface area contributed by atoms with Crippen LogP contribution in [-0.2, 0) is 57.4 Å². The molecule has 2 bridgehead atoms. The average Bonchev–Trinajstić information content (AvgIpc) is 3.84. The van der Waals surface area contributed by atoms with Gasteiger partial charge in [-0.2, -0.15) is 18.2 Å². The molecule has 4 aromatic rings. The summed E-state index contributed by atoms with van der Waals surface area (Å²) in [6.07, 6.45) is -6.57. The first-order valence-electron chi connectivity index (χ1n) is 15.5. The van der Waals surface area contributed by atoms with Gasteiger partial charge in [0, 0.05) is 7.11 Å². The third-order valence-electron chi connectivity index (χ3n) is 8.76. The van der Waals surface area contributed by atoms with Gasteiger partial charge in [0.1, 0.15) is 35.8 Å². The smallest absolute Gasteiger partial charge is 0.387 e. The molecule has 3 aliphatic heterocycles. The molecule has 11 atom stereocenters. The van der Waals surface area contributed by atoms with Crippen LogP contribution in [0.1, 0.15) is 18.3 Å². The van der Waals surface area contributed by atoms with E-state index in [9.17, 15) is 48.2 Å². The third kappa shape index (κ3) is 7.00. The fraction of sp³-hybridized carbons (Fsp3) is 0.583. The Bertz CT molecular complexity index is 2380. The molecule has 3 aliphatic rings. The number of ether oxygens (including phenoxy) is 4. The highest BCUT2D eigenvalue weighted by Gasteiger charge is 2.65. The van der Waals surface area contributed by atoms with Crippen molar-refractivity contribution in [2.75, 3.05) is 32.7 Å². The van der Waals surface area contributed by atoms with Gasteiger partial charge < -0.3 is 54.6 Å². The Morgan fingerprint density at radius 3 is 2.43 bits per heavy atom. The van der Waals surface area contributed by atoms with Crippen LogP contribution in [-0.4, -0.2) is 122 Å². The molecule has 54 heavy (non-hydrogen) atoms. The Balaban J connectivity index is 0.977. The predicted molar refractivity (Wildman–Crippen MR) is 172 cm³/mol. The number of anilines is 1. The number of aliphatic hydroxyl groups excluding tert-OH is 2. The molecule has 3 fully saturated rings. The van der Waals surface area contributed by atoms with Crippen LogP contribution in [0.3, 0.4) is 0 Å². The number of phosphoric ester groups is 2. The number of nitrogens with one attached hydrogen (secondary N) is 2. The van der Waals surface area contributed by atoms with Crippen LogP contribution in [0.5, 0.6) is 0 Å². The summed E-state index contributed by atoms with van der Waals surface area (Å²) in [6.45, 7) is -0.784. The van der Waals surface area contributed by atoms with E-state index < -0.39 is 103 Å². The third-order valence-corrected chi connectivity index (χ3v) is 13.0. The number of aromatic amines is 2. The summed E-state index contributed by atoms with van der Waals surface area (Å²) in [5, 5.41) is 21.9. The summed E-state index contributed by atoms with van der Waals surface area (Å²) in [7, 11) is -14.5. The molecule has 27 nitrogen and oxygen atoms in total. The largest absolute Gasteiger partial charge is 0.490 e. The summed E-state index contributed by atoms with van der Waals surface area (Å²) in [5.41, 5.74) is 2.83. The van der Waals surface area contributed by atoms with Gasteiger partial charge in [-0.25, -0.2) is 28.2 Å². The molecule has 7 heterocycles. The standard InChI is InChI=1S/C24H32N9O18P3/c1-9-27-17-11(19(36)28-9)26-7-32(17)21-13(34)14(44-3)10(48-21)4-46-52(38,39)50-54(42,43)51-53(40,41)47-6-24-5-45-15(16(24)35)22(49-24)33-8-31(2)12-18(33)29-23(25)30-20(12)37/h7-8,10,13-16,21-22,34-35H,4-6H2,1-3H3,(H6-,25,27,28,29,30,36,37,38,39,40,41,42,43)/p+1/t10-,13+,14?,15+,16?,21-,22-,24+/m1/s1. The average molecular weight is 828 g/mol. The van der Waals surface area contributed by atoms with E-state index in [-0.39, 0.29) is 34.1 Å². The van der Waals surface area contributed by atoms with Crippen LogP contribution in [0.15, 0.2) is 22.2 Å². The van der Waals surface area contributed by atoms with Crippen molar-refractivity contribution in [1.82, 2.24) is 34.1 Å². The molecular weight excluding hydrogens is 795 g/mol. The summed E-state index contributed by atoms with van der Waals surface area (Å²) in [4.78, 5) is 72.4. The van der Waals surface area contributed by atoms with Crippen molar-refractivity contribution >= 4 is 51.7 Å². The number of imidazole rings is 2. The molecule has 0 radical (unpaired) electrons. The van der Waals surface area contributed by atoms with Gasteiger partial charge in [-0.1, -0.05) is 0 Å². The van der Waals surface area contributed by atoms with E-state index >= 15 is 0 Å². The van der Waals surface area contributed by atoms with Gasteiger partial charge in [0.2, 0.25) is 18.5 Å². The summed E-state index contributed by atoms with van der Waals surface area (Å²) < 4.78 is 82.6. The molecular formula is C24H33N9O18P3+. The molecule has 5 unspecified atom stereocenters. The highest BCUT2D eigenvalue weighted by atomic mass is 31.3. The molecule has 0 aliphatic carbocycles. The van der Waals surface area contributed by atoms with E-state index in [4.69, 9.17) is 33.7 Å². The number of H-pyrrole nitrogens is 2. The quantitative estimate of drug-likeness (QED) is 0.0500. The first-order chi connectivity index (χ1) is 25.2. The van der Waals surface area contributed by atoms with Gasteiger partial charge in [-0.15, -0.1) is 0 Å². The monoisotopic (exact) mass is 828 g/mol. The number of nitrogens with two attached hydrogens (primary N) is 1. The van der Waals surface area contributed by atoms with Crippen LogP contribution in [0.4, 0.5) is 5.95 Å². The second-order valence-corrected chi connectivity index (χ2v) is 17.1. The maximum atomic E-state index is 12.8. The van der Waals surface area contributed by atoms with Crippen molar-refractivity contribution < 1.29 is 79.8 Å². The molecule has 0 spiro atoms. The molecule has 0 saturated carbocycles. The van der Waals surface area contributed by atoms with Crippen molar-refractivity contribution in [3.63, 3.8) is 0 Å². The summed E-state index contributed by atoms with van der Waals surface area (Å²) in [5.74, 6) is 0.0167. The highest BCUT2D eigenvalue weighted by Crippen LogP contribution is 2.68. The lowest BCUT2D eigenvalue weighted by Crippen LogP contribution is -2.44. The second kappa shape index (κ2) is 13.7. The van der Waals surface area contributed by atoms with E-state index in [1.807, 2.05) is 0 Å². The lowest BCUT2D eigenvalue weighted by Gasteiger charge is -2.29. The fourth-order valence-corrected chi connectivity index (χ4v) is 10.0. The maximum absolute atomic E-state index is 12.8. The van der Waals surface area contributed by atoms with Crippen molar-refractivity contribution in [3.05, 3.63) is 39.2 Å². The van der Waals surface area contributed by atoms with Crippen LogP contribution in [0.25, 0.3) is 22.3 Å². The zero-order valence-corrected chi connectivity index (χ0v) is 30.6. The number of fused-ring (bicyclic) bond motifs is 4. The normalized spacial score (nSPS) is 31.6. The number of methoxy groups -OCH3 is 1. The van der Waals surface area contributed by atoms with E-state index in [1.165, 1.54) is 47.4 Å². The van der Waals surface area contributed by atoms with Gasteiger partial charge in [-0.05, 0) is 6.92 Å². The van der Waals surface area contributed by atoms with E-state index in [1.54, 1.807) is 0 Å². The first kappa shape index (κ1) is 38.9. The van der Waals surface area contributed by atoms with Crippen LogP contribution in [0, 0.1) is 6.92 Å². The topological polar surface area (TPSA) is 370 Å². The maximum Gasteiger partial charge on any atom is 0.490 e. The fourth-order valence-electron chi connectivity index (χ4n) is 6.47. The van der Waals surface area contributed by atoms with Crippen LogP contribution < -0.4 is 21.4 Å². The van der Waals surface area contributed by atoms with Gasteiger partial charge in [-0.3, -0.25) is 28.2 Å². The Morgan fingerprint density at radius 1 is 1.02 bits per heavy atom. The number of rotatable bonds is 13. The molecule has 4 aromatic heterocycles. The SMILES string of the molecule is COC1[C@@H](COP(=O)(O)OP(=O)(O)OP(=O)(O)OC[C@@]23CO[C@@H](C2O)[C@H](n2c[n+](C)c4c(=O)[nH]c(N)nc42)O3)O[C@@H](n2cnc3c(=O)[nH]c(C)nc32)[C@H]1O. The van der Waals surface area contributed by atoms with Crippen LogP contribution >= 0.6 is 23.5 Å². The van der Waals surface area contributed by atoms with Crippen LogP contribution in [0.2, 0.25) is 0 Å². The number of aliphatic hydroxyl groups is 2. The van der Waals surface area contributed by atoms with E-state index in [2.05, 4.69) is 33.5 Å². The van der Waals surface area contributed by atoms with Crippen molar-refractivity contribution in [2.45, 2.75) is 55.5 Å². The molecule has 30 heteroatoms. The molecule has 3 saturated heterocycles. The predicted octanol–water partition coefficient (Wildman–Crippen LogP) is -2.76. The van der Waals surface area contributed by atoms with Gasteiger partial charge in [0.25, 0.3) is 16.7 Å². The lowest BCUT2D eigenvalue weighted by atomic mass is 10.0. The molecule has 0 amide bonds. The van der Waals surface area contributed by atoms with Crippen molar-refractivity contribution in [2.24, 2.45) is 7.05 Å². The van der Waals surface area contributed by atoms with E-state index in [0.29, 0.717) is 0 Å². The van der Waals surface area contributed by atoms with E-state index in [0.717, 1.165) is 0 Å². The Morgan fingerprint density at radius 2 is 1.72 bits per heavy atom. The first-order valence-corrected chi connectivity index (χ1v) is 20.0. The van der Waals surface area contributed by atoms with Crippen molar-refractivity contribution in [3.8, 4) is 0 Å². The lowest BCUT2D eigenvalue weighted by molar-refractivity contribution is -0.646. The number of nitrogen functional groups attached to an aromatic ring is 1. The number of aromatic nitrogens is 8. The van der Waals surface area contributed by atoms with Gasteiger partial charge >= 0.3 is 29.0 Å². The number of hydrogen-bond donors (Lipinski definition) is 8. The number of aryl methyl sites for hydroxylation is 2. The minimum absolute atomic E-state index is 0.0417. The van der Waals surface area contributed by atoms with Crippen molar-refractivity contribution in [1.29, 1.82) is 0 Å².